The maximum absolute atomic E-state index is 12.3. The van der Waals surface area contributed by atoms with Gasteiger partial charge in [-0.15, -0.1) is 0 Å². The van der Waals surface area contributed by atoms with Crippen LogP contribution in [0, 0.1) is 11.8 Å². The summed E-state index contributed by atoms with van der Waals surface area (Å²) in [6, 6.07) is 0. The van der Waals surface area contributed by atoms with E-state index in [0.717, 1.165) is 32.3 Å². The largest absolute Gasteiger partial charge is 0.378 e. The van der Waals surface area contributed by atoms with Gasteiger partial charge in [0.05, 0.1) is 6.10 Å². The highest BCUT2D eigenvalue weighted by atomic mass is 32.2. The van der Waals surface area contributed by atoms with Crippen LogP contribution in [0.2, 0.25) is 0 Å². The molecule has 118 valence electrons. The molecule has 0 amide bonds. The smallest absolute Gasteiger partial charge is 0.279 e. The molecule has 0 aromatic carbocycles. The zero-order valence-corrected chi connectivity index (χ0v) is 13.1. The fraction of sp³-hybridized carbons (Fsp3) is 1.00. The second-order valence-corrected chi connectivity index (χ2v) is 7.55. The Labute approximate surface area is 122 Å². The predicted molar refractivity (Wildman–Crippen MR) is 78.4 cm³/mol. The van der Waals surface area contributed by atoms with Crippen molar-refractivity contribution in [3.05, 3.63) is 0 Å². The van der Waals surface area contributed by atoms with E-state index >= 15 is 0 Å². The molecule has 0 aromatic heterocycles. The van der Waals surface area contributed by atoms with Crippen LogP contribution in [0.15, 0.2) is 0 Å². The molecule has 2 aliphatic rings. The van der Waals surface area contributed by atoms with Gasteiger partial charge in [-0.25, -0.2) is 4.72 Å². The van der Waals surface area contributed by atoms with Gasteiger partial charge < -0.3 is 10.5 Å². The lowest BCUT2D eigenvalue weighted by molar-refractivity contribution is 0.0883. The van der Waals surface area contributed by atoms with Crippen molar-refractivity contribution in [3.8, 4) is 0 Å². The quantitative estimate of drug-likeness (QED) is 0.739. The highest BCUT2D eigenvalue weighted by Gasteiger charge is 2.31. The third-order valence-electron chi connectivity index (χ3n) is 4.52. The summed E-state index contributed by atoms with van der Waals surface area (Å²) >= 11 is 0. The SMILES string of the molecule is CCC1OCCC1CNS(=O)(=O)N1CCC(CN)CC1. The van der Waals surface area contributed by atoms with E-state index in [2.05, 4.69) is 11.6 Å². The monoisotopic (exact) mass is 305 g/mol. The van der Waals surface area contributed by atoms with Gasteiger partial charge in [-0.1, -0.05) is 6.92 Å². The summed E-state index contributed by atoms with van der Waals surface area (Å²) in [7, 11) is -3.35. The zero-order valence-electron chi connectivity index (χ0n) is 12.3. The summed E-state index contributed by atoms with van der Waals surface area (Å²) < 4.78 is 34.4. The molecule has 0 aromatic rings. The molecule has 0 aliphatic carbocycles. The van der Waals surface area contributed by atoms with E-state index in [1.807, 2.05) is 0 Å². The minimum atomic E-state index is -3.35. The first-order chi connectivity index (χ1) is 9.56. The van der Waals surface area contributed by atoms with E-state index < -0.39 is 10.2 Å². The average Bonchev–Trinajstić information content (AvgIpc) is 2.93. The number of piperidine rings is 1. The fourth-order valence-corrected chi connectivity index (χ4v) is 4.37. The second kappa shape index (κ2) is 7.17. The van der Waals surface area contributed by atoms with Gasteiger partial charge in [0.2, 0.25) is 0 Å². The molecule has 0 radical (unpaired) electrons. The van der Waals surface area contributed by atoms with Gasteiger partial charge in [-0.2, -0.15) is 12.7 Å². The molecule has 3 N–H and O–H groups in total. The molecule has 0 spiro atoms. The van der Waals surface area contributed by atoms with Gasteiger partial charge in [-0.05, 0) is 38.1 Å². The molecule has 20 heavy (non-hydrogen) atoms. The van der Waals surface area contributed by atoms with Crippen molar-refractivity contribution >= 4 is 10.2 Å². The van der Waals surface area contributed by atoms with Gasteiger partial charge in [0, 0.05) is 32.2 Å². The third-order valence-corrected chi connectivity index (χ3v) is 6.10. The van der Waals surface area contributed by atoms with E-state index in [9.17, 15) is 8.42 Å². The third kappa shape index (κ3) is 3.92. The molecule has 2 heterocycles. The number of nitrogens with two attached hydrogens (primary N) is 1. The Hall–Kier alpha value is -0.210. The van der Waals surface area contributed by atoms with Crippen LogP contribution in [0.5, 0.6) is 0 Å². The van der Waals surface area contributed by atoms with E-state index in [4.69, 9.17) is 10.5 Å². The van der Waals surface area contributed by atoms with Crippen molar-refractivity contribution in [2.75, 3.05) is 32.8 Å². The van der Waals surface area contributed by atoms with Crippen LogP contribution < -0.4 is 10.5 Å². The van der Waals surface area contributed by atoms with Gasteiger partial charge in [0.15, 0.2) is 0 Å². The lowest BCUT2D eigenvalue weighted by atomic mass is 9.99. The molecular weight excluding hydrogens is 278 g/mol. The van der Waals surface area contributed by atoms with Crippen LogP contribution in [0.3, 0.4) is 0 Å². The Morgan fingerprint density at radius 3 is 2.60 bits per heavy atom. The molecule has 6 nitrogen and oxygen atoms in total. The van der Waals surface area contributed by atoms with Crippen LogP contribution in [-0.4, -0.2) is 51.6 Å². The first-order valence-corrected chi connectivity index (χ1v) is 9.07. The summed E-state index contributed by atoms with van der Waals surface area (Å²) in [5, 5.41) is 0. The zero-order chi connectivity index (χ0) is 14.6. The van der Waals surface area contributed by atoms with Crippen molar-refractivity contribution in [3.63, 3.8) is 0 Å². The number of ether oxygens (including phenoxy) is 1. The summed E-state index contributed by atoms with van der Waals surface area (Å²) in [5.74, 6) is 0.769. The van der Waals surface area contributed by atoms with E-state index in [-0.39, 0.29) is 6.10 Å². The maximum atomic E-state index is 12.3. The molecule has 7 heteroatoms. The number of rotatable bonds is 6. The molecule has 2 unspecified atom stereocenters. The number of hydrogen-bond acceptors (Lipinski definition) is 4. The minimum absolute atomic E-state index is 0.195. The lowest BCUT2D eigenvalue weighted by Gasteiger charge is -2.31. The molecule has 2 saturated heterocycles. The maximum Gasteiger partial charge on any atom is 0.279 e. The van der Waals surface area contributed by atoms with Gasteiger partial charge in [0.1, 0.15) is 0 Å². The Morgan fingerprint density at radius 1 is 1.30 bits per heavy atom. The molecule has 0 saturated carbocycles. The number of hydrogen-bond donors (Lipinski definition) is 2. The first-order valence-electron chi connectivity index (χ1n) is 7.63. The van der Waals surface area contributed by atoms with Crippen LogP contribution in [0.25, 0.3) is 0 Å². The highest BCUT2D eigenvalue weighted by molar-refractivity contribution is 7.87. The first kappa shape index (κ1) is 16.2. The minimum Gasteiger partial charge on any atom is -0.378 e. The summed E-state index contributed by atoms with van der Waals surface area (Å²) in [5.41, 5.74) is 5.63. The molecule has 0 bridgehead atoms. The normalized spacial score (nSPS) is 29.9. The van der Waals surface area contributed by atoms with E-state index in [1.165, 1.54) is 0 Å². The van der Waals surface area contributed by atoms with Crippen molar-refractivity contribution in [2.45, 2.75) is 38.7 Å². The Bertz CT molecular complexity index is 394. The van der Waals surface area contributed by atoms with Crippen molar-refractivity contribution in [2.24, 2.45) is 17.6 Å². The number of nitrogens with one attached hydrogen (secondary N) is 1. The van der Waals surface area contributed by atoms with Crippen molar-refractivity contribution < 1.29 is 13.2 Å². The second-order valence-electron chi connectivity index (χ2n) is 5.80. The molecule has 2 rings (SSSR count). The highest BCUT2D eigenvalue weighted by Crippen LogP contribution is 2.23. The van der Waals surface area contributed by atoms with Gasteiger partial charge in [0.25, 0.3) is 10.2 Å². The van der Waals surface area contributed by atoms with E-state index in [0.29, 0.717) is 38.0 Å². The fourth-order valence-electron chi connectivity index (χ4n) is 3.07. The Balaban J connectivity index is 1.82. The van der Waals surface area contributed by atoms with E-state index in [1.54, 1.807) is 4.31 Å². The molecular formula is C13H27N3O3S. The van der Waals surface area contributed by atoms with Crippen LogP contribution in [-0.2, 0) is 14.9 Å². The average molecular weight is 305 g/mol. The van der Waals surface area contributed by atoms with Crippen molar-refractivity contribution in [1.29, 1.82) is 0 Å². The van der Waals surface area contributed by atoms with Gasteiger partial charge >= 0.3 is 0 Å². The van der Waals surface area contributed by atoms with Crippen molar-refractivity contribution in [1.82, 2.24) is 9.03 Å². The summed E-state index contributed by atoms with van der Waals surface area (Å²) in [6.07, 6.45) is 3.80. The summed E-state index contributed by atoms with van der Waals surface area (Å²) in [4.78, 5) is 0. The molecule has 2 fully saturated rings. The van der Waals surface area contributed by atoms with Crippen LogP contribution >= 0.6 is 0 Å². The van der Waals surface area contributed by atoms with Crippen LogP contribution in [0.4, 0.5) is 0 Å². The predicted octanol–water partition coefficient (Wildman–Crippen LogP) is 0.307. The number of nitrogens with zero attached hydrogens (tertiary/aromatic N) is 1. The molecule has 2 atom stereocenters. The molecule has 2 aliphatic heterocycles. The van der Waals surface area contributed by atoms with Crippen LogP contribution in [0.1, 0.15) is 32.6 Å². The Morgan fingerprint density at radius 2 is 2.00 bits per heavy atom. The lowest BCUT2D eigenvalue weighted by Crippen LogP contribution is -2.47. The summed E-state index contributed by atoms with van der Waals surface area (Å²) in [6.45, 7) is 5.11. The topological polar surface area (TPSA) is 84.7 Å². The van der Waals surface area contributed by atoms with Gasteiger partial charge in [-0.3, -0.25) is 0 Å². The standard InChI is InChI=1S/C13H27N3O3S/c1-2-13-12(5-8-19-13)10-15-20(17,18)16-6-3-11(9-14)4-7-16/h11-13,15H,2-10,14H2,1H3. The Kier molecular flexibility index (Phi) is 5.80.